The molecule has 0 aromatic carbocycles. The molecule has 0 spiro atoms. The number of aromatic nitrogens is 4. The Bertz CT molecular complexity index is 798. The van der Waals surface area contributed by atoms with E-state index < -0.39 is 7.05 Å². The number of hydrogen-bond acceptors (Lipinski definition) is 1. The van der Waals surface area contributed by atoms with E-state index in [-0.39, 0.29) is 0 Å². The highest BCUT2D eigenvalue weighted by atomic mass is 16.2. The molecule has 4 heterocycles. The second-order valence-electron chi connectivity index (χ2n) is 5.98. The zero-order valence-corrected chi connectivity index (χ0v) is 14.3. The van der Waals surface area contributed by atoms with Crippen molar-refractivity contribution >= 4 is 7.05 Å². The average molecular weight is 334 g/mol. The van der Waals surface area contributed by atoms with Gasteiger partial charge in [0.05, 0.1) is 0 Å². The Morgan fingerprint density at radius 3 is 1.76 bits per heavy atom. The van der Waals surface area contributed by atoms with Gasteiger partial charge >= 0.3 is 7.05 Å². The van der Waals surface area contributed by atoms with Crippen LogP contribution in [0.2, 0.25) is 6.82 Å². The Balaban J connectivity index is 0.000000150. The van der Waals surface area contributed by atoms with Crippen LogP contribution in [0.5, 0.6) is 0 Å². The molecule has 0 atom stereocenters. The molecule has 128 valence electrons. The lowest BCUT2D eigenvalue weighted by Gasteiger charge is -2.08. The van der Waals surface area contributed by atoms with Gasteiger partial charge in [-0.15, -0.1) is 0 Å². The molecular formula is C19H23BN4O. The molecule has 25 heavy (non-hydrogen) atoms. The lowest BCUT2D eigenvalue weighted by Crippen LogP contribution is -2.21. The van der Waals surface area contributed by atoms with Crippen molar-refractivity contribution in [3.63, 3.8) is 0 Å². The van der Waals surface area contributed by atoms with Crippen molar-refractivity contribution in [2.75, 3.05) is 0 Å². The van der Waals surface area contributed by atoms with E-state index in [4.69, 9.17) is 0 Å². The van der Waals surface area contributed by atoms with Crippen molar-refractivity contribution in [2.24, 2.45) is 0 Å². The minimum Gasteiger partial charge on any atom is -0.432 e. The zero-order valence-electron chi connectivity index (χ0n) is 14.3. The predicted octanol–water partition coefficient (Wildman–Crippen LogP) is 3.30. The summed E-state index contributed by atoms with van der Waals surface area (Å²) in [7, 11) is -0.463. The van der Waals surface area contributed by atoms with Gasteiger partial charge in [0.15, 0.2) is 0 Å². The molecule has 0 radical (unpaired) electrons. The van der Waals surface area contributed by atoms with Crippen LogP contribution in [0.4, 0.5) is 0 Å². The highest BCUT2D eigenvalue weighted by Gasteiger charge is 2.10. The standard InChI is InChI=1S/C10H13BN2O.C9H10N2/c1-11(14)13-7-3-5-10(13)8-9-4-2-6-12-9;1-3-8(10-5-1)7-9-4-2-6-11-9/h2-7,12,14H,8H2,1H3;1-6,10-11H,7H2. The minimum absolute atomic E-state index is 0.463. The van der Waals surface area contributed by atoms with E-state index in [0.29, 0.717) is 0 Å². The van der Waals surface area contributed by atoms with Gasteiger partial charge in [0.25, 0.3) is 0 Å². The monoisotopic (exact) mass is 334 g/mol. The van der Waals surface area contributed by atoms with Crippen LogP contribution in [0.1, 0.15) is 22.8 Å². The van der Waals surface area contributed by atoms with Crippen LogP contribution in [0.15, 0.2) is 73.3 Å². The second kappa shape index (κ2) is 8.30. The summed E-state index contributed by atoms with van der Waals surface area (Å²) in [6.07, 6.45) is 9.47. The number of aromatic amines is 3. The summed E-state index contributed by atoms with van der Waals surface area (Å²) in [5.41, 5.74) is 4.76. The van der Waals surface area contributed by atoms with Crippen LogP contribution in [0, 0.1) is 0 Å². The van der Waals surface area contributed by atoms with Gasteiger partial charge in [-0.25, -0.2) is 0 Å². The van der Waals surface area contributed by atoms with Crippen LogP contribution in [0.25, 0.3) is 0 Å². The van der Waals surface area contributed by atoms with Gasteiger partial charge < -0.3 is 24.5 Å². The van der Waals surface area contributed by atoms with Crippen molar-refractivity contribution in [3.05, 3.63) is 96.1 Å². The fourth-order valence-corrected chi connectivity index (χ4v) is 2.78. The maximum Gasteiger partial charge on any atom is 0.413 e. The molecule has 6 heteroatoms. The number of rotatable bonds is 5. The van der Waals surface area contributed by atoms with Gasteiger partial charge in [-0.3, -0.25) is 0 Å². The highest BCUT2D eigenvalue weighted by Crippen LogP contribution is 2.09. The third-order valence-corrected chi connectivity index (χ3v) is 4.01. The Morgan fingerprint density at radius 2 is 1.32 bits per heavy atom. The largest absolute Gasteiger partial charge is 0.432 e. The molecule has 0 amide bonds. The summed E-state index contributed by atoms with van der Waals surface area (Å²) in [6, 6.07) is 16.2. The number of hydrogen-bond donors (Lipinski definition) is 4. The number of nitrogens with zero attached hydrogens (tertiary/aromatic N) is 1. The first-order chi connectivity index (χ1) is 12.2. The van der Waals surface area contributed by atoms with Crippen LogP contribution < -0.4 is 0 Å². The van der Waals surface area contributed by atoms with Gasteiger partial charge in [0, 0.05) is 54.2 Å². The molecule has 0 unspecified atom stereocenters. The fourth-order valence-electron chi connectivity index (χ4n) is 2.78. The second-order valence-corrected chi connectivity index (χ2v) is 5.98. The van der Waals surface area contributed by atoms with E-state index in [9.17, 15) is 5.02 Å². The highest BCUT2D eigenvalue weighted by molar-refractivity contribution is 6.46. The molecule has 0 saturated carbocycles. The fraction of sp³-hybridized carbons (Fsp3) is 0.158. The first-order valence-electron chi connectivity index (χ1n) is 8.43. The van der Waals surface area contributed by atoms with Gasteiger partial charge in [-0.1, -0.05) is 0 Å². The van der Waals surface area contributed by atoms with Crippen molar-refractivity contribution < 1.29 is 5.02 Å². The van der Waals surface area contributed by atoms with Crippen LogP contribution in [-0.4, -0.2) is 31.5 Å². The van der Waals surface area contributed by atoms with E-state index in [2.05, 4.69) is 27.1 Å². The predicted molar refractivity (Wildman–Crippen MR) is 102 cm³/mol. The topological polar surface area (TPSA) is 72.5 Å². The smallest absolute Gasteiger partial charge is 0.413 e. The average Bonchev–Trinajstić information content (AvgIpc) is 3.38. The SMILES string of the molecule is CB(O)n1cccc1Cc1ccc[nH]1.c1c[nH]c(Cc2ccc[nH]2)c1. The van der Waals surface area contributed by atoms with E-state index >= 15 is 0 Å². The normalized spacial score (nSPS) is 10.3. The molecule has 0 aliphatic heterocycles. The Labute approximate surface area is 147 Å². The molecule has 5 nitrogen and oxygen atoms in total. The maximum absolute atomic E-state index is 9.47. The Kier molecular flexibility index (Phi) is 5.64. The lowest BCUT2D eigenvalue weighted by atomic mass is 9.87. The van der Waals surface area contributed by atoms with Gasteiger partial charge in [0.1, 0.15) is 0 Å². The molecule has 4 aromatic rings. The zero-order chi connectivity index (χ0) is 17.5. The molecule has 0 aliphatic rings. The Hall–Kier alpha value is -2.86. The van der Waals surface area contributed by atoms with Crippen LogP contribution in [-0.2, 0) is 12.8 Å². The molecule has 0 saturated heterocycles. The number of H-pyrrole nitrogens is 3. The van der Waals surface area contributed by atoms with Crippen LogP contribution in [0.3, 0.4) is 0 Å². The van der Waals surface area contributed by atoms with E-state index in [1.807, 2.05) is 65.7 Å². The van der Waals surface area contributed by atoms with Gasteiger partial charge in [-0.2, -0.15) is 0 Å². The Morgan fingerprint density at radius 1 is 0.800 bits per heavy atom. The summed E-state index contributed by atoms with van der Waals surface area (Å²) in [6.45, 7) is 1.76. The number of nitrogens with one attached hydrogen (secondary N) is 3. The van der Waals surface area contributed by atoms with Crippen molar-refractivity contribution in [2.45, 2.75) is 19.7 Å². The molecule has 0 aliphatic carbocycles. The van der Waals surface area contributed by atoms with E-state index in [1.165, 1.54) is 11.4 Å². The summed E-state index contributed by atoms with van der Waals surface area (Å²) in [5.74, 6) is 0. The molecule has 4 aromatic heterocycles. The lowest BCUT2D eigenvalue weighted by molar-refractivity contribution is 0.560. The third kappa shape index (κ3) is 4.81. The minimum atomic E-state index is -0.463. The van der Waals surface area contributed by atoms with Crippen molar-refractivity contribution in [1.29, 1.82) is 0 Å². The summed E-state index contributed by atoms with van der Waals surface area (Å²) in [4.78, 5) is 9.46. The van der Waals surface area contributed by atoms with Crippen LogP contribution >= 0.6 is 0 Å². The van der Waals surface area contributed by atoms with E-state index in [0.717, 1.165) is 24.2 Å². The maximum atomic E-state index is 9.47. The first kappa shape index (κ1) is 17.0. The first-order valence-corrected chi connectivity index (χ1v) is 8.43. The molecule has 4 N–H and O–H groups in total. The van der Waals surface area contributed by atoms with Gasteiger partial charge in [-0.05, 0) is 61.6 Å². The summed E-state index contributed by atoms with van der Waals surface area (Å²) in [5, 5.41) is 9.47. The third-order valence-electron chi connectivity index (χ3n) is 4.01. The van der Waals surface area contributed by atoms with Gasteiger partial charge in [0.2, 0.25) is 0 Å². The summed E-state index contributed by atoms with van der Waals surface area (Å²) < 4.78 is 1.86. The molecule has 0 fully saturated rings. The summed E-state index contributed by atoms with van der Waals surface area (Å²) >= 11 is 0. The van der Waals surface area contributed by atoms with Crippen molar-refractivity contribution in [3.8, 4) is 0 Å². The molecule has 4 rings (SSSR count). The molecule has 0 bridgehead atoms. The quantitative estimate of drug-likeness (QED) is 0.416. The van der Waals surface area contributed by atoms with E-state index in [1.54, 1.807) is 6.82 Å². The van der Waals surface area contributed by atoms with Crippen molar-refractivity contribution in [1.82, 2.24) is 19.4 Å². The molecular weight excluding hydrogens is 311 g/mol.